The zero-order chi connectivity index (χ0) is 21.2. The normalized spacial score (nSPS) is 18.5. The third-order valence-corrected chi connectivity index (χ3v) is 4.93. The Bertz CT molecular complexity index is 1010. The van der Waals surface area contributed by atoms with Crippen molar-refractivity contribution in [1.29, 1.82) is 0 Å². The Hall–Kier alpha value is -3.62. The molecule has 1 saturated heterocycles. The van der Waals surface area contributed by atoms with E-state index in [2.05, 4.69) is 16.0 Å². The van der Waals surface area contributed by atoms with Gasteiger partial charge in [0.25, 0.3) is 5.91 Å². The largest absolute Gasteiger partial charge is 0.497 e. The predicted molar refractivity (Wildman–Crippen MR) is 105 cm³/mol. The van der Waals surface area contributed by atoms with Crippen molar-refractivity contribution in [1.82, 2.24) is 20.9 Å². The molecule has 2 aromatic carbocycles. The van der Waals surface area contributed by atoms with E-state index in [0.717, 1.165) is 21.4 Å². The summed E-state index contributed by atoms with van der Waals surface area (Å²) in [5.41, 5.74) is -0.700. The van der Waals surface area contributed by atoms with Crippen LogP contribution >= 0.6 is 0 Å². The van der Waals surface area contributed by atoms with Crippen molar-refractivity contribution in [3.63, 3.8) is 0 Å². The number of methoxy groups -OCH3 is 1. The second kappa shape index (κ2) is 7.78. The van der Waals surface area contributed by atoms with Crippen LogP contribution in [0.4, 0.5) is 4.79 Å². The number of ether oxygens (including phenoxy) is 1. The van der Waals surface area contributed by atoms with Crippen molar-refractivity contribution < 1.29 is 23.9 Å². The number of hydrogen-bond donors (Lipinski definition) is 3. The van der Waals surface area contributed by atoms with Crippen LogP contribution in [0.2, 0.25) is 0 Å². The molecular weight excluding hydrogens is 376 g/mol. The monoisotopic (exact) mass is 398 g/mol. The SMILES string of the molecule is CNC(=O)CNC(=O)CN1C(=O)N[C@@](C)(c2ccc3cc(OC)ccc3c2)C1=O. The molecule has 9 heteroatoms. The number of carbonyl (C=O) groups excluding carboxylic acids is 4. The molecular formula is C20H22N4O5. The van der Waals surface area contributed by atoms with Crippen LogP contribution in [0.25, 0.3) is 10.8 Å². The Balaban J connectivity index is 1.80. The van der Waals surface area contributed by atoms with E-state index in [1.54, 1.807) is 20.1 Å². The Labute approximate surface area is 167 Å². The van der Waals surface area contributed by atoms with Crippen LogP contribution < -0.4 is 20.7 Å². The van der Waals surface area contributed by atoms with Gasteiger partial charge in [-0.2, -0.15) is 0 Å². The molecule has 0 radical (unpaired) electrons. The minimum atomic E-state index is -1.30. The molecule has 29 heavy (non-hydrogen) atoms. The zero-order valence-electron chi connectivity index (χ0n) is 16.4. The number of benzene rings is 2. The lowest BCUT2D eigenvalue weighted by molar-refractivity contribution is -0.135. The van der Waals surface area contributed by atoms with Crippen LogP contribution in [0.3, 0.4) is 0 Å². The number of imide groups is 1. The van der Waals surface area contributed by atoms with Crippen LogP contribution in [0.5, 0.6) is 5.75 Å². The van der Waals surface area contributed by atoms with Gasteiger partial charge in [0.1, 0.15) is 17.8 Å². The summed E-state index contributed by atoms with van der Waals surface area (Å²) in [7, 11) is 3.03. The van der Waals surface area contributed by atoms with Crippen molar-refractivity contribution in [2.45, 2.75) is 12.5 Å². The maximum atomic E-state index is 13.0. The second-order valence-corrected chi connectivity index (χ2v) is 6.82. The first-order chi connectivity index (χ1) is 13.8. The maximum absolute atomic E-state index is 13.0. The quantitative estimate of drug-likeness (QED) is 0.612. The molecule has 9 nitrogen and oxygen atoms in total. The van der Waals surface area contributed by atoms with Gasteiger partial charge in [-0.1, -0.05) is 18.2 Å². The van der Waals surface area contributed by atoms with Gasteiger partial charge in [-0.15, -0.1) is 0 Å². The van der Waals surface area contributed by atoms with Gasteiger partial charge in [0.05, 0.1) is 13.7 Å². The summed E-state index contributed by atoms with van der Waals surface area (Å²) >= 11 is 0. The highest BCUT2D eigenvalue weighted by atomic mass is 16.5. The van der Waals surface area contributed by atoms with Crippen molar-refractivity contribution in [2.75, 3.05) is 27.2 Å². The summed E-state index contributed by atoms with van der Waals surface area (Å²) in [4.78, 5) is 49.4. The first-order valence-corrected chi connectivity index (χ1v) is 8.98. The maximum Gasteiger partial charge on any atom is 0.325 e. The zero-order valence-corrected chi connectivity index (χ0v) is 16.4. The van der Waals surface area contributed by atoms with Gasteiger partial charge in [0.15, 0.2) is 0 Å². The second-order valence-electron chi connectivity index (χ2n) is 6.82. The number of carbonyl (C=O) groups is 4. The van der Waals surface area contributed by atoms with E-state index in [4.69, 9.17) is 4.74 Å². The molecule has 1 atom stereocenters. The van der Waals surface area contributed by atoms with Gasteiger partial charge in [-0.3, -0.25) is 19.3 Å². The molecule has 2 aromatic rings. The van der Waals surface area contributed by atoms with Crippen molar-refractivity contribution >= 4 is 34.5 Å². The molecule has 1 aliphatic rings. The summed E-state index contributed by atoms with van der Waals surface area (Å²) in [6.45, 7) is 0.896. The highest BCUT2D eigenvalue weighted by molar-refractivity contribution is 6.09. The van der Waals surface area contributed by atoms with E-state index >= 15 is 0 Å². The minimum Gasteiger partial charge on any atom is -0.497 e. The van der Waals surface area contributed by atoms with Crippen LogP contribution in [-0.2, 0) is 19.9 Å². The lowest BCUT2D eigenvalue weighted by Crippen LogP contribution is -2.44. The van der Waals surface area contributed by atoms with E-state index < -0.39 is 29.9 Å². The number of nitrogens with zero attached hydrogens (tertiary/aromatic N) is 1. The molecule has 3 N–H and O–H groups in total. The molecule has 1 fully saturated rings. The highest BCUT2D eigenvalue weighted by Crippen LogP contribution is 2.31. The van der Waals surface area contributed by atoms with Crippen LogP contribution in [0.1, 0.15) is 12.5 Å². The summed E-state index contributed by atoms with van der Waals surface area (Å²) in [5.74, 6) is -0.804. The number of nitrogens with one attached hydrogen (secondary N) is 3. The summed E-state index contributed by atoms with van der Waals surface area (Å²) < 4.78 is 5.22. The molecule has 3 rings (SSSR count). The van der Waals surface area contributed by atoms with Gasteiger partial charge < -0.3 is 20.7 Å². The number of likely N-dealkylation sites (N-methyl/N-ethyl adjacent to an activating group) is 1. The molecule has 152 valence electrons. The first kappa shape index (κ1) is 20.1. The van der Waals surface area contributed by atoms with E-state index in [1.807, 2.05) is 30.3 Å². The molecule has 0 unspecified atom stereocenters. The van der Waals surface area contributed by atoms with Crippen molar-refractivity contribution in [2.24, 2.45) is 0 Å². The smallest absolute Gasteiger partial charge is 0.325 e. The van der Waals surface area contributed by atoms with Crippen LogP contribution in [-0.4, -0.2) is 55.9 Å². The topological polar surface area (TPSA) is 117 Å². The Morgan fingerprint density at radius 1 is 1.10 bits per heavy atom. The van der Waals surface area contributed by atoms with Gasteiger partial charge in [-0.25, -0.2) is 4.79 Å². The summed E-state index contributed by atoms with van der Waals surface area (Å²) in [6, 6.07) is 10.3. The fourth-order valence-electron chi connectivity index (χ4n) is 3.16. The third-order valence-electron chi connectivity index (χ3n) is 4.93. The molecule has 5 amide bonds. The lowest BCUT2D eigenvalue weighted by Gasteiger charge is -2.22. The van der Waals surface area contributed by atoms with Crippen molar-refractivity contribution in [3.05, 3.63) is 42.0 Å². The van der Waals surface area contributed by atoms with Gasteiger partial charge in [0.2, 0.25) is 11.8 Å². The number of urea groups is 1. The fourth-order valence-corrected chi connectivity index (χ4v) is 3.16. The van der Waals surface area contributed by atoms with E-state index in [-0.39, 0.29) is 12.5 Å². The number of rotatable bonds is 6. The molecule has 0 aliphatic carbocycles. The van der Waals surface area contributed by atoms with Crippen LogP contribution in [0, 0.1) is 0 Å². The Kier molecular flexibility index (Phi) is 5.40. The summed E-state index contributed by atoms with van der Waals surface area (Å²) in [5, 5.41) is 9.21. The fraction of sp³-hybridized carbons (Fsp3) is 0.300. The van der Waals surface area contributed by atoms with Gasteiger partial charge in [0, 0.05) is 7.05 Å². The number of hydrogen-bond acceptors (Lipinski definition) is 5. The summed E-state index contributed by atoms with van der Waals surface area (Å²) in [6.07, 6.45) is 0. The van der Waals surface area contributed by atoms with Gasteiger partial charge >= 0.3 is 6.03 Å². The number of amides is 5. The molecule has 0 saturated carbocycles. The highest BCUT2D eigenvalue weighted by Gasteiger charge is 2.49. The van der Waals surface area contributed by atoms with E-state index in [0.29, 0.717) is 5.56 Å². The predicted octanol–water partition coefficient (Wildman–Crippen LogP) is 0.478. The average molecular weight is 398 g/mol. The minimum absolute atomic E-state index is 0.232. The van der Waals surface area contributed by atoms with Crippen LogP contribution in [0.15, 0.2) is 36.4 Å². The standard InChI is InChI=1S/C20H22N4O5/c1-20(14-6-4-13-9-15(29-3)7-5-12(13)8-14)18(27)24(19(28)23-20)11-17(26)22-10-16(25)21-2/h4-9H,10-11H2,1-3H3,(H,21,25)(H,22,26)(H,23,28)/t20-/m0/s1. The lowest BCUT2D eigenvalue weighted by atomic mass is 9.90. The average Bonchev–Trinajstić information content (AvgIpc) is 2.94. The first-order valence-electron chi connectivity index (χ1n) is 8.98. The number of fused-ring (bicyclic) bond motifs is 1. The van der Waals surface area contributed by atoms with Gasteiger partial charge in [-0.05, 0) is 41.5 Å². The molecule has 1 aliphatic heterocycles. The Morgan fingerprint density at radius 3 is 2.48 bits per heavy atom. The molecule has 1 heterocycles. The van der Waals surface area contributed by atoms with Crippen molar-refractivity contribution in [3.8, 4) is 5.75 Å². The van der Waals surface area contributed by atoms with E-state index in [9.17, 15) is 19.2 Å². The Morgan fingerprint density at radius 2 is 1.79 bits per heavy atom. The third kappa shape index (κ3) is 3.84. The molecule has 0 aromatic heterocycles. The van der Waals surface area contributed by atoms with E-state index in [1.165, 1.54) is 7.05 Å². The molecule has 0 bridgehead atoms. The molecule has 0 spiro atoms.